The Kier molecular flexibility index (Phi) is 7.98. The van der Waals surface area contributed by atoms with Gasteiger partial charge in [-0.1, -0.05) is 18.2 Å². The highest BCUT2D eigenvalue weighted by atomic mass is 16.6. The molecule has 0 radical (unpaired) electrons. The zero-order chi connectivity index (χ0) is 19.5. The summed E-state index contributed by atoms with van der Waals surface area (Å²) in [4.78, 5) is 29.9. The van der Waals surface area contributed by atoms with E-state index in [2.05, 4.69) is 15.3 Å². The topological polar surface area (TPSA) is 120 Å². The Hall–Kier alpha value is -3.20. The van der Waals surface area contributed by atoms with Crippen molar-refractivity contribution >= 4 is 11.9 Å². The number of nitrogens with zero attached hydrogens (tertiary/aromatic N) is 2. The average molecular weight is 375 g/mol. The molecular weight excluding hydrogens is 354 g/mol. The van der Waals surface area contributed by atoms with Crippen molar-refractivity contribution in [2.75, 3.05) is 26.3 Å². The molecule has 2 N–H and O–H groups in total. The van der Waals surface area contributed by atoms with Crippen LogP contribution in [0.15, 0.2) is 42.7 Å². The zero-order valence-corrected chi connectivity index (χ0v) is 14.8. The molecule has 144 valence electrons. The van der Waals surface area contributed by atoms with Gasteiger partial charge in [0.05, 0.1) is 0 Å². The first-order valence-corrected chi connectivity index (χ1v) is 8.29. The highest BCUT2D eigenvalue weighted by Crippen LogP contribution is 2.16. The number of carbonyl (C=O) groups excluding carboxylic acids is 1. The molecule has 1 aromatic heterocycles. The Morgan fingerprint density at radius 2 is 1.89 bits per heavy atom. The number of aliphatic carboxylic acids is 1. The maximum absolute atomic E-state index is 11.4. The van der Waals surface area contributed by atoms with Crippen LogP contribution in [0.2, 0.25) is 0 Å². The smallest absolute Gasteiger partial charge is 0.417 e. The molecule has 0 fully saturated rings. The van der Waals surface area contributed by atoms with Crippen LogP contribution in [0.5, 0.6) is 11.8 Å². The molecule has 2 aromatic rings. The predicted octanol–water partition coefficient (Wildman–Crippen LogP) is 0.829. The van der Waals surface area contributed by atoms with Gasteiger partial charge in [-0.25, -0.2) is 19.6 Å². The minimum absolute atomic E-state index is 0.0134. The van der Waals surface area contributed by atoms with Crippen LogP contribution in [-0.2, 0) is 14.3 Å². The number of rotatable bonds is 10. The number of hydrogen-bond donors (Lipinski definition) is 2. The molecule has 9 heteroatoms. The van der Waals surface area contributed by atoms with Crippen LogP contribution in [0.1, 0.15) is 5.56 Å². The molecule has 0 saturated carbocycles. The van der Waals surface area contributed by atoms with Crippen molar-refractivity contribution in [1.82, 2.24) is 15.3 Å². The molecule has 0 bridgehead atoms. The van der Waals surface area contributed by atoms with Crippen LogP contribution in [-0.4, -0.2) is 59.4 Å². The number of aryl methyl sites for hydroxylation is 1. The van der Waals surface area contributed by atoms with Crippen LogP contribution >= 0.6 is 0 Å². The molecule has 2 rings (SSSR count). The van der Waals surface area contributed by atoms with E-state index < -0.39 is 18.0 Å². The third kappa shape index (κ3) is 7.28. The van der Waals surface area contributed by atoms with E-state index in [1.165, 1.54) is 0 Å². The third-order valence-electron chi connectivity index (χ3n) is 3.39. The van der Waals surface area contributed by atoms with Gasteiger partial charge in [-0.15, -0.1) is 0 Å². The molecule has 0 aliphatic rings. The lowest BCUT2D eigenvalue weighted by molar-refractivity contribution is -0.168. The van der Waals surface area contributed by atoms with Crippen molar-refractivity contribution in [3.05, 3.63) is 48.3 Å². The molecule has 0 aliphatic heterocycles. The molecule has 1 unspecified atom stereocenters. The van der Waals surface area contributed by atoms with E-state index in [9.17, 15) is 9.59 Å². The summed E-state index contributed by atoms with van der Waals surface area (Å²) in [7, 11) is 0. The van der Waals surface area contributed by atoms with Gasteiger partial charge in [-0.3, -0.25) is 0 Å². The van der Waals surface area contributed by atoms with Gasteiger partial charge in [-0.05, 0) is 24.6 Å². The lowest BCUT2D eigenvalue weighted by Crippen LogP contribution is -2.38. The fourth-order valence-corrected chi connectivity index (χ4v) is 2.07. The Balaban J connectivity index is 1.79. The normalized spacial score (nSPS) is 11.4. The van der Waals surface area contributed by atoms with Crippen molar-refractivity contribution in [1.29, 1.82) is 0 Å². The fraction of sp³-hybridized carbons (Fsp3) is 0.333. The number of hydrogen-bond acceptors (Lipinski definition) is 8. The minimum atomic E-state index is -1.65. The second-order valence-electron chi connectivity index (χ2n) is 5.49. The number of carboxylic acid groups (broad SMARTS) is 1. The van der Waals surface area contributed by atoms with Gasteiger partial charge in [0.2, 0.25) is 0 Å². The number of esters is 1. The van der Waals surface area contributed by atoms with E-state index >= 15 is 0 Å². The molecule has 27 heavy (non-hydrogen) atoms. The number of aromatic nitrogens is 2. The maximum Gasteiger partial charge on any atom is 0.417 e. The van der Waals surface area contributed by atoms with Gasteiger partial charge >= 0.3 is 17.9 Å². The fourth-order valence-electron chi connectivity index (χ4n) is 2.07. The first-order chi connectivity index (χ1) is 13.1. The summed E-state index contributed by atoms with van der Waals surface area (Å²) < 4.78 is 15.9. The summed E-state index contributed by atoms with van der Waals surface area (Å²) in [6.45, 7) is 2.81. The molecule has 1 heterocycles. The second kappa shape index (κ2) is 10.7. The highest BCUT2D eigenvalue weighted by molar-refractivity contribution is 6.28. The average Bonchev–Trinajstić information content (AvgIpc) is 2.67. The molecule has 0 saturated heterocycles. The van der Waals surface area contributed by atoms with Crippen LogP contribution in [0.4, 0.5) is 0 Å². The van der Waals surface area contributed by atoms with Crippen LogP contribution in [0, 0.1) is 6.92 Å². The standard InChI is InChI=1S/C18H21N3O6/c1-13-5-2-3-6-15(13)26-12-14(27-17(24)16(22)23)11-19-9-10-25-18-20-7-4-8-21-18/h2-8,14,19H,9-12H2,1H3,(H,22,23). The molecule has 0 amide bonds. The van der Waals surface area contributed by atoms with Crippen LogP contribution in [0.3, 0.4) is 0 Å². The number of para-hydroxylation sites is 1. The lowest BCUT2D eigenvalue weighted by atomic mass is 10.2. The molecule has 9 nitrogen and oxygen atoms in total. The summed E-state index contributed by atoms with van der Waals surface area (Å²) >= 11 is 0. The SMILES string of the molecule is Cc1ccccc1OCC(CNCCOc1ncccn1)OC(=O)C(=O)O. The van der Waals surface area contributed by atoms with Gasteiger partial charge in [0.25, 0.3) is 0 Å². The number of carboxylic acids is 1. The van der Waals surface area contributed by atoms with Crippen LogP contribution < -0.4 is 14.8 Å². The summed E-state index contributed by atoms with van der Waals surface area (Å²) in [5.41, 5.74) is 0.921. The van der Waals surface area contributed by atoms with E-state index in [4.69, 9.17) is 19.3 Å². The van der Waals surface area contributed by atoms with Crippen LogP contribution in [0.25, 0.3) is 0 Å². The van der Waals surface area contributed by atoms with Gasteiger partial charge in [0, 0.05) is 25.5 Å². The van der Waals surface area contributed by atoms with Gasteiger partial charge in [-0.2, -0.15) is 0 Å². The van der Waals surface area contributed by atoms with Crippen molar-refractivity contribution < 1.29 is 28.9 Å². The first-order valence-electron chi connectivity index (χ1n) is 8.29. The molecule has 0 spiro atoms. The highest BCUT2D eigenvalue weighted by Gasteiger charge is 2.21. The van der Waals surface area contributed by atoms with Gasteiger partial charge in [0.1, 0.15) is 25.1 Å². The van der Waals surface area contributed by atoms with E-state index in [1.807, 2.05) is 25.1 Å². The number of benzene rings is 1. The van der Waals surface area contributed by atoms with E-state index in [0.717, 1.165) is 5.56 Å². The lowest BCUT2D eigenvalue weighted by Gasteiger charge is -2.19. The Bertz CT molecular complexity index is 741. The third-order valence-corrected chi connectivity index (χ3v) is 3.39. The monoisotopic (exact) mass is 375 g/mol. The molecular formula is C18H21N3O6. The molecule has 1 atom stereocenters. The van der Waals surface area contributed by atoms with Crippen molar-refractivity contribution in [2.45, 2.75) is 13.0 Å². The maximum atomic E-state index is 11.4. The predicted molar refractivity (Wildman–Crippen MR) is 94.6 cm³/mol. The van der Waals surface area contributed by atoms with Crippen molar-refractivity contribution in [3.63, 3.8) is 0 Å². The van der Waals surface area contributed by atoms with Crippen molar-refractivity contribution in [2.24, 2.45) is 0 Å². The van der Waals surface area contributed by atoms with Gasteiger partial charge < -0.3 is 24.6 Å². The summed E-state index contributed by atoms with van der Waals surface area (Å²) in [5.74, 6) is -2.34. The minimum Gasteiger partial charge on any atom is -0.489 e. The Morgan fingerprint density at radius 1 is 1.15 bits per heavy atom. The molecule has 1 aromatic carbocycles. The first kappa shape index (κ1) is 20.1. The Morgan fingerprint density at radius 3 is 2.59 bits per heavy atom. The van der Waals surface area contributed by atoms with Gasteiger partial charge in [0.15, 0.2) is 0 Å². The molecule has 0 aliphatic carbocycles. The largest absolute Gasteiger partial charge is 0.489 e. The number of ether oxygens (including phenoxy) is 3. The summed E-state index contributed by atoms with van der Waals surface area (Å²) in [6, 6.07) is 9.31. The Labute approximate surface area is 156 Å². The second-order valence-corrected chi connectivity index (χ2v) is 5.49. The zero-order valence-electron chi connectivity index (χ0n) is 14.8. The van der Waals surface area contributed by atoms with E-state index in [-0.39, 0.29) is 19.2 Å². The quantitative estimate of drug-likeness (QED) is 0.353. The summed E-state index contributed by atoms with van der Waals surface area (Å²) in [6.07, 6.45) is 2.36. The van der Waals surface area contributed by atoms with Crippen molar-refractivity contribution in [3.8, 4) is 11.8 Å². The van der Waals surface area contributed by atoms with E-state index in [1.54, 1.807) is 24.5 Å². The number of nitrogens with one attached hydrogen (secondary N) is 1. The van der Waals surface area contributed by atoms with E-state index in [0.29, 0.717) is 18.9 Å². The summed E-state index contributed by atoms with van der Waals surface area (Å²) in [5, 5.41) is 11.7. The number of carbonyl (C=O) groups is 2.